The van der Waals surface area contributed by atoms with E-state index in [1.807, 2.05) is 41.8 Å². The molecule has 2 aromatic carbocycles. The summed E-state index contributed by atoms with van der Waals surface area (Å²) in [4.78, 5) is 17.2. The zero-order valence-electron chi connectivity index (χ0n) is 14.1. The fourth-order valence-electron chi connectivity index (χ4n) is 2.99. The smallest absolute Gasteiger partial charge is 0.263 e. The van der Waals surface area contributed by atoms with Crippen LogP contribution < -0.4 is 5.43 Å². The van der Waals surface area contributed by atoms with Gasteiger partial charge in [0, 0.05) is 23.7 Å². The second-order valence-electron chi connectivity index (χ2n) is 6.02. The van der Waals surface area contributed by atoms with Crippen LogP contribution in [-0.4, -0.2) is 14.7 Å². The van der Waals surface area contributed by atoms with Crippen LogP contribution in [0, 0.1) is 5.82 Å². The molecular weight excluding hydrogens is 333 g/mol. The minimum absolute atomic E-state index is 0.130. The van der Waals surface area contributed by atoms with Crippen LogP contribution in [0.4, 0.5) is 4.39 Å². The normalized spacial score (nSPS) is 11.2. The fraction of sp³-hybridized carbons (Fsp3) is 0.150. The molecule has 2 heterocycles. The SMILES string of the molecule is CCCn1cc(-c2nc(-c3ccccc3)no2)c(=O)c2cc(F)ccc21. The summed E-state index contributed by atoms with van der Waals surface area (Å²) in [5.41, 5.74) is 1.43. The third-order valence-corrected chi connectivity index (χ3v) is 4.20. The zero-order chi connectivity index (χ0) is 18.1. The van der Waals surface area contributed by atoms with Crippen molar-refractivity contribution in [2.75, 3.05) is 0 Å². The van der Waals surface area contributed by atoms with Gasteiger partial charge in [0.15, 0.2) is 0 Å². The molecule has 0 fully saturated rings. The molecule has 0 bridgehead atoms. The van der Waals surface area contributed by atoms with Crippen LogP contribution >= 0.6 is 0 Å². The Morgan fingerprint density at radius 3 is 2.73 bits per heavy atom. The minimum atomic E-state index is -0.453. The molecule has 0 amide bonds. The number of nitrogens with zero attached hydrogens (tertiary/aromatic N) is 3. The third-order valence-electron chi connectivity index (χ3n) is 4.20. The molecule has 0 aliphatic heterocycles. The predicted molar refractivity (Wildman–Crippen MR) is 97.2 cm³/mol. The minimum Gasteiger partial charge on any atom is -0.346 e. The van der Waals surface area contributed by atoms with Crippen LogP contribution in [0.25, 0.3) is 33.7 Å². The zero-order valence-corrected chi connectivity index (χ0v) is 14.1. The number of hydrogen-bond donors (Lipinski definition) is 0. The lowest BCUT2D eigenvalue weighted by molar-refractivity contribution is 0.431. The number of benzene rings is 2. The Morgan fingerprint density at radius 1 is 1.15 bits per heavy atom. The Hall–Kier alpha value is -3.28. The highest BCUT2D eigenvalue weighted by molar-refractivity contribution is 5.83. The lowest BCUT2D eigenvalue weighted by atomic mass is 10.1. The first kappa shape index (κ1) is 16.2. The van der Waals surface area contributed by atoms with E-state index in [9.17, 15) is 9.18 Å². The maximum absolute atomic E-state index is 13.7. The Bertz CT molecular complexity index is 1130. The van der Waals surface area contributed by atoms with Gasteiger partial charge in [-0.3, -0.25) is 4.79 Å². The molecule has 0 aliphatic carbocycles. The van der Waals surface area contributed by atoms with Crippen LogP contribution in [-0.2, 0) is 6.54 Å². The van der Waals surface area contributed by atoms with Gasteiger partial charge in [0.25, 0.3) is 5.89 Å². The van der Waals surface area contributed by atoms with Crippen molar-refractivity contribution >= 4 is 10.9 Å². The molecule has 4 aromatic rings. The van der Waals surface area contributed by atoms with Crippen molar-refractivity contribution in [1.29, 1.82) is 0 Å². The standard InChI is InChI=1S/C20H16FN3O2/c1-2-10-24-12-16(18(25)15-11-14(21)8-9-17(15)24)20-22-19(23-26-20)13-6-4-3-5-7-13/h3-9,11-12H,2,10H2,1H3. The quantitative estimate of drug-likeness (QED) is 0.552. The molecule has 0 atom stereocenters. The maximum Gasteiger partial charge on any atom is 0.263 e. The van der Waals surface area contributed by atoms with E-state index in [0.29, 0.717) is 23.3 Å². The monoisotopic (exact) mass is 349 g/mol. The number of aromatic nitrogens is 3. The van der Waals surface area contributed by atoms with Crippen LogP contribution in [0.15, 0.2) is 64.0 Å². The van der Waals surface area contributed by atoms with Gasteiger partial charge in [-0.1, -0.05) is 42.4 Å². The average molecular weight is 349 g/mol. The molecule has 4 rings (SSSR count). The highest BCUT2D eigenvalue weighted by Crippen LogP contribution is 2.23. The molecule has 0 saturated heterocycles. The van der Waals surface area contributed by atoms with Crippen LogP contribution in [0.2, 0.25) is 0 Å². The van der Waals surface area contributed by atoms with Crippen molar-refractivity contribution in [3.8, 4) is 22.8 Å². The Morgan fingerprint density at radius 2 is 1.96 bits per heavy atom. The van der Waals surface area contributed by atoms with E-state index in [-0.39, 0.29) is 16.9 Å². The lowest BCUT2D eigenvalue weighted by Gasteiger charge is -2.11. The summed E-state index contributed by atoms with van der Waals surface area (Å²) in [5.74, 6) is 0.0801. The van der Waals surface area contributed by atoms with E-state index in [0.717, 1.165) is 12.0 Å². The first-order valence-electron chi connectivity index (χ1n) is 8.39. The molecule has 0 saturated carbocycles. The lowest BCUT2D eigenvalue weighted by Crippen LogP contribution is -2.12. The van der Waals surface area contributed by atoms with E-state index in [1.165, 1.54) is 12.1 Å². The molecule has 0 radical (unpaired) electrons. The summed E-state index contributed by atoms with van der Waals surface area (Å²) >= 11 is 0. The molecule has 130 valence electrons. The van der Waals surface area contributed by atoms with Gasteiger partial charge < -0.3 is 9.09 Å². The third kappa shape index (κ3) is 2.79. The van der Waals surface area contributed by atoms with Gasteiger partial charge in [-0.05, 0) is 24.6 Å². The molecule has 0 aliphatic rings. The number of rotatable bonds is 4. The largest absolute Gasteiger partial charge is 0.346 e. The van der Waals surface area contributed by atoms with Gasteiger partial charge >= 0.3 is 0 Å². The average Bonchev–Trinajstić information content (AvgIpc) is 3.15. The molecule has 26 heavy (non-hydrogen) atoms. The number of hydrogen-bond acceptors (Lipinski definition) is 4. The summed E-state index contributed by atoms with van der Waals surface area (Å²) in [6.07, 6.45) is 2.57. The Balaban J connectivity index is 1.90. The first-order chi connectivity index (χ1) is 12.7. The van der Waals surface area contributed by atoms with E-state index >= 15 is 0 Å². The highest BCUT2D eigenvalue weighted by atomic mass is 19.1. The van der Waals surface area contributed by atoms with Gasteiger partial charge in [0.2, 0.25) is 11.3 Å². The van der Waals surface area contributed by atoms with Crippen LogP contribution in [0.1, 0.15) is 13.3 Å². The van der Waals surface area contributed by atoms with Crippen molar-refractivity contribution in [1.82, 2.24) is 14.7 Å². The van der Waals surface area contributed by atoms with Gasteiger partial charge in [-0.2, -0.15) is 4.98 Å². The van der Waals surface area contributed by atoms with Crippen molar-refractivity contribution in [3.05, 3.63) is 70.8 Å². The fourth-order valence-corrected chi connectivity index (χ4v) is 2.99. The van der Waals surface area contributed by atoms with Crippen molar-refractivity contribution in [2.45, 2.75) is 19.9 Å². The van der Waals surface area contributed by atoms with Crippen LogP contribution in [0.5, 0.6) is 0 Å². The summed E-state index contributed by atoms with van der Waals surface area (Å²) in [5, 5.41) is 4.27. The number of pyridine rings is 1. The Labute approximate surface area is 148 Å². The molecule has 0 N–H and O–H groups in total. The van der Waals surface area contributed by atoms with Gasteiger partial charge in [-0.15, -0.1) is 0 Å². The van der Waals surface area contributed by atoms with E-state index in [1.54, 1.807) is 12.3 Å². The van der Waals surface area contributed by atoms with E-state index < -0.39 is 5.82 Å². The summed E-state index contributed by atoms with van der Waals surface area (Å²) in [6.45, 7) is 2.72. The maximum atomic E-state index is 13.7. The molecule has 2 aromatic heterocycles. The molecule has 5 nitrogen and oxygen atoms in total. The van der Waals surface area contributed by atoms with Crippen molar-refractivity contribution < 1.29 is 8.91 Å². The second kappa shape index (κ2) is 6.55. The first-order valence-corrected chi connectivity index (χ1v) is 8.39. The molecule has 0 spiro atoms. The van der Waals surface area contributed by atoms with E-state index in [2.05, 4.69) is 10.1 Å². The van der Waals surface area contributed by atoms with Crippen molar-refractivity contribution in [2.24, 2.45) is 0 Å². The van der Waals surface area contributed by atoms with Gasteiger partial charge in [0.05, 0.1) is 5.52 Å². The highest BCUT2D eigenvalue weighted by Gasteiger charge is 2.17. The van der Waals surface area contributed by atoms with Gasteiger partial charge in [-0.25, -0.2) is 4.39 Å². The van der Waals surface area contributed by atoms with Crippen LogP contribution in [0.3, 0.4) is 0 Å². The molecule has 0 unspecified atom stereocenters. The Kier molecular flexibility index (Phi) is 4.08. The summed E-state index contributed by atoms with van der Waals surface area (Å²) in [6, 6.07) is 13.6. The van der Waals surface area contributed by atoms with Gasteiger partial charge in [0.1, 0.15) is 11.4 Å². The number of halogens is 1. The summed E-state index contributed by atoms with van der Waals surface area (Å²) < 4.78 is 20.9. The number of fused-ring (bicyclic) bond motifs is 1. The topological polar surface area (TPSA) is 60.9 Å². The predicted octanol–water partition coefficient (Wildman–Crippen LogP) is 4.27. The molecular formula is C20H16FN3O2. The van der Waals surface area contributed by atoms with Crippen molar-refractivity contribution in [3.63, 3.8) is 0 Å². The molecule has 6 heteroatoms. The number of aryl methyl sites for hydroxylation is 1. The second-order valence-corrected chi connectivity index (χ2v) is 6.02. The van der Waals surface area contributed by atoms with E-state index in [4.69, 9.17) is 4.52 Å². The summed E-state index contributed by atoms with van der Waals surface area (Å²) in [7, 11) is 0.